The molecule has 0 radical (unpaired) electrons. The number of carboxylic acids is 1. The second kappa shape index (κ2) is 8.80. The molecule has 1 aromatic rings. The molecule has 0 bridgehead atoms. The van der Waals surface area contributed by atoms with Crippen molar-refractivity contribution in [3.8, 4) is 0 Å². The Hall–Kier alpha value is -2.63. The lowest BCUT2D eigenvalue weighted by Gasteiger charge is -2.36. The van der Waals surface area contributed by atoms with Crippen molar-refractivity contribution in [1.29, 1.82) is 0 Å². The van der Waals surface area contributed by atoms with Crippen LogP contribution in [0.3, 0.4) is 0 Å². The first kappa shape index (κ1) is 21.1. The van der Waals surface area contributed by atoms with Gasteiger partial charge in [-0.15, -0.1) is 0 Å². The Labute approximate surface area is 165 Å². The SMILES string of the molecule is O=C(N1CCCC1)N1C[C@@H]2OCCN(c3ncccn3)[C@@H]2C1.O=C(O)C(F)(F)F. The lowest BCUT2D eigenvalue weighted by Crippen LogP contribution is -2.51. The zero-order chi connectivity index (χ0) is 21.0. The molecule has 4 rings (SSSR count). The molecule has 0 spiro atoms. The van der Waals surface area contributed by atoms with Crippen LogP contribution in [-0.4, -0.2) is 94.5 Å². The van der Waals surface area contributed by atoms with E-state index in [9.17, 15) is 18.0 Å². The molecular formula is C17H22F3N5O4. The number of carboxylic acid groups (broad SMARTS) is 1. The number of alkyl halides is 3. The van der Waals surface area contributed by atoms with Gasteiger partial charge < -0.3 is 24.5 Å². The average Bonchev–Trinajstić information content (AvgIpc) is 3.37. The molecule has 12 heteroatoms. The first-order valence-corrected chi connectivity index (χ1v) is 9.26. The number of anilines is 1. The molecule has 29 heavy (non-hydrogen) atoms. The van der Waals surface area contributed by atoms with Crippen LogP contribution in [0, 0.1) is 0 Å². The minimum Gasteiger partial charge on any atom is -0.475 e. The molecule has 9 nitrogen and oxygen atoms in total. The minimum absolute atomic E-state index is 0.0594. The molecule has 0 aromatic carbocycles. The molecule has 0 saturated carbocycles. The second-order valence-corrected chi connectivity index (χ2v) is 6.90. The first-order valence-electron chi connectivity index (χ1n) is 9.26. The van der Waals surface area contributed by atoms with E-state index in [0.29, 0.717) is 19.7 Å². The summed E-state index contributed by atoms with van der Waals surface area (Å²) in [6, 6.07) is 2.13. The molecule has 3 saturated heterocycles. The number of rotatable bonds is 1. The maximum atomic E-state index is 12.6. The predicted molar refractivity (Wildman–Crippen MR) is 94.4 cm³/mol. The van der Waals surface area contributed by atoms with E-state index in [1.165, 1.54) is 0 Å². The highest BCUT2D eigenvalue weighted by molar-refractivity contribution is 5.75. The zero-order valence-electron chi connectivity index (χ0n) is 15.6. The number of hydrogen-bond acceptors (Lipinski definition) is 6. The lowest BCUT2D eigenvalue weighted by molar-refractivity contribution is -0.192. The van der Waals surface area contributed by atoms with Crippen LogP contribution in [0.5, 0.6) is 0 Å². The van der Waals surface area contributed by atoms with Crippen LogP contribution in [0.2, 0.25) is 0 Å². The normalized spacial score (nSPS) is 24.0. The van der Waals surface area contributed by atoms with Crippen molar-refractivity contribution in [2.75, 3.05) is 44.2 Å². The monoisotopic (exact) mass is 417 g/mol. The Morgan fingerprint density at radius 1 is 1.07 bits per heavy atom. The second-order valence-electron chi connectivity index (χ2n) is 6.90. The average molecular weight is 417 g/mol. The van der Waals surface area contributed by atoms with Gasteiger partial charge in [0.2, 0.25) is 5.95 Å². The summed E-state index contributed by atoms with van der Waals surface area (Å²) in [4.78, 5) is 36.3. The van der Waals surface area contributed by atoms with Gasteiger partial charge in [0.25, 0.3) is 0 Å². The number of carbonyl (C=O) groups excluding carboxylic acids is 1. The van der Waals surface area contributed by atoms with Gasteiger partial charge in [-0.2, -0.15) is 13.2 Å². The summed E-state index contributed by atoms with van der Waals surface area (Å²) in [7, 11) is 0. The number of ether oxygens (including phenoxy) is 1. The number of halogens is 3. The van der Waals surface area contributed by atoms with Crippen molar-refractivity contribution in [1.82, 2.24) is 19.8 Å². The quantitative estimate of drug-likeness (QED) is 0.733. The Balaban J connectivity index is 0.000000298. The van der Waals surface area contributed by atoms with Gasteiger partial charge in [0, 0.05) is 38.6 Å². The van der Waals surface area contributed by atoms with E-state index in [1.54, 1.807) is 12.4 Å². The van der Waals surface area contributed by atoms with Crippen LogP contribution in [0.4, 0.5) is 23.9 Å². The van der Waals surface area contributed by atoms with Crippen LogP contribution >= 0.6 is 0 Å². The van der Waals surface area contributed by atoms with Gasteiger partial charge in [-0.05, 0) is 18.9 Å². The first-order chi connectivity index (χ1) is 13.8. The van der Waals surface area contributed by atoms with Gasteiger partial charge in [-0.1, -0.05) is 0 Å². The van der Waals surface area contributed by atoms with Crippen LogP contribution in [0.15, 0.2) is 18.5 Å². The van der Waals surface area contributed by atoms with E-state index in [2.05, 4.69) is 14.9 Å². The summed E-state index contributed by atoms with van der Waals surface area (Å²) >= 11 is 0. The number of carbonyl (C=O) groups is 2. The molecule has 3 aliphatic heterocycles. The fourth-order valence-electron chi connectivity index (χ4n) is 3.64. The lowest BCUT2D eigenvalue weighted by atomic mass is 10.1. The Kier molecular flexibility index (Phi) is 6.40. The van der Waals surface area contributed by atoms with Gasteiger partial charge in [0.05, 0.1) is 25.3 Å². The van der Waals surface area contributed by atoms with Crippen molar-refractivity contribution in [3.05, 3.63) is 18.5 Å². The topological polar surface area (TPSA) is 99.1 Å². The summed E-state index contributed by atoms with van der Waals surface area (Å²) in [6.07, 6.45) is 0.730. The fourth-order valence-corrected chi connectivity index (χ4v) is 3.64. The number of likely N-dealkylation sites (tertiary alicyclic amines) is 2. The highest BCUT2D eigenvalue weighted by atomic mass is 19.4. The maximum absolute atomic E-state index is 12.6. The third-order valence-corrected chi connectivity index (χ3v) is 5.00. The van der Waals surface area contributed by atoms with E-state index >= 15 is 0 Å². The number of nitrogens with zero attached hydrogens (tertiary/aromatic N) is 5. The molecule has 1 aromatic heterocycles. The third-order valence-electron chi connectivity index (χ3n) is 5.00. The van der Waals surface area contributed by atoms with Crippen molar-refractivity contribution in [2.45, 2.75) is 31.2 Å². The van der Waals surface area contributed by atoms with E-state index in [0.717, 1.165) is 38.4 Å². The molecule has 160 valence electrons. The number of urea groups is 1. The van der Waals surface area contributed by atoms with E-state index in [1.807, 2.05) is 15.9 Å². The minimum atomic E-state index is -5.08. The fraction of sp³-hybridized carbons (Fsp3) is 0.647. The number of morpholine rings is 1. The Bertz CT molecular complexity index is 715. The van der Waals surface area contributed by atoms with Crippen molar-refractivity contribution < 1.29 is 32.6 Å². The molecular weight excluding hydrogens is 395 g/mol. The van der Waals surface area contributed by atoms with Gasteiger partial charge in [-0.3, -0.25) is 0 Å². The van der Waals surface area contributed by atoms with E-state index in [-0.39, 0.29) is 18.2 Å². The molecule has 0 aliphatic carbocycles. The Morgan fingerprint density at radius 2 is 1.69 bits per heavy atom. The zero-order valence-corrected chi connectivity index (χ0v) is 15.6. The molecule has 4 heterocycles. The third kappa shape index (κ3) is 5.05. The predicted octanol–water partition coefficient (Wildman–Crippen LogP) is 1.22. The number of amides is 2. The van der Waals surface area contributed by atoms with Gasteiger partial charge >= 0.3 is 18.2 Å². The van der Waals surface area contributed by atoms with E-state index in [4.69, 9.17) is 14.6 Å². The molecule has 2 atom stereocenters. The van der Waals surface area contributed by atoms with Gasteiger partial charge in [-0.25, -0.2) is 19.6 Å². The standard InChI is InChI=1S/C15H21N5O2.C2HF3O2/c21-15(18-6-1-2-7-18)19-10-12-13(11-19)22-9-8-20(12)14-16-4-3-5-17-14;3-2(4,5)1(6)7/h3-5,12-13H,1-2,6-11H2;(H,6,7)/t12-,13+;/m1./s1. The summed E-state index contributed by atoms with van der Waals surface area (Å²) in [6.45, 7) is 4.57. The summed E-state index contributed by atoms with van der Waals surface area (Å²) in [5.41, 5.74) is 0. The molecule has 0 unspecified atom stereocenters. The molecule has 3 fully saturated rings. The molecule has 2 amide bonds. The van der Waals surface area contributed by atoms with E-state index < -0.39 is 12.1 Å². The highest BCUT2D eigenvalue weighted by Crippen LogP contribution is 2.27. The maximum Gasteiger partial charge on any atom is 0.490 e. The Morgan fingerprint density at radius 3 is 2.28 bits per heavy atom. The largest absolute Gasteiger partial charge is 0.490 e. The number of hydrogen-bond donors (Lipinski definition) is 1. The van der Waals surface area contributed by atoms with Gasteiger partial charge in [0.1, 0.15) is 0 Å². The highest BCUT2D eigenvalue weighted by Gasteiger charge is 2.43. The number of aromatic nitrogens is 2. The van der Waals surface area contributed by atoms with Crippen LogP contribution in [-0.2, 0) is 9.53 Å². The van der Waals surface area contributed by atoms with Gasteiger partial charge in [0.15, 0.2) is 0 Å². The summed E-state index contributed by atoms with van der Waals surface area (Å²) in [5, 5.41) is 7.12. The van der Waals surface area contributed by atoms with Crippen LogP contribution < -0.4 is 4.90 Å². The van der Waals surface area contributed by atoms with Crippen molar-refractivity contribution in [3.63, 3.8) is 0 Å². The van der Waals surface area contributed by atoms with Crippen LogP contribution in [0.25, 0.3) is 0 Å². The van der Waals surface area contributed by atoms with Crippen molar-refractivity contribution in [2.24, 2.45) is 0 Å². The number of aliphatic carboxylic acids is 1. The number of fused-ring (bicyclic) bond motifs is 1. The summed E-state index contributed by atoms with van der Waals surface area (Å²) < 4.78 is 37.6. The smallest absolute Gasteiger partial charge is 0.475 e. The molecule has 3 aliphatic rings. The van der Waals surface area contributed by atoms with Crippen LogP contribution in [0.1, 0.15) is 12.8 Å². The summed E-state index contributed by atoms with van der Waals surface area (Å²) in [5.74, 6) is -2.02. The van der Waals surface area contributed by atoms with Crippen molar-refractivity contribution >= 4 is 17.9 Å². The molecule has 1 N–H and O–H groups in total.